The minimum Gasteiger partial charge on any atom is -0.486 e. The number of nitrogens with zero attached hydrogens (tertiary/aromatic N) is 1. The summed E-state index contributed by atoms with van der Waals surface area (Å²) in [5.74, 6) is -0.737. The Morgan fingerprint density at radius 1 is 1.07 bits per heavy atom. The summed E-state index contributed by atoms with van der Waals surface area (Å²) >= 11 is 0. The second kappa shape index (κ2) is 8.24. The summed E-state index contributed by atoms with van der Waals surface area (Å²) in [6.07, 6.45) is -0.831. The van der Waals surface area contributed by atoms with Gasteiger partial charge in [-0.05, 0) is 48.9 Å². The molecule has 2 aromatic carbocycles. The number of aliphatic hydroxyl groups excluding tert-OH is 2. The minimum atomic E-state index is -0.927. The molecule has 0 amide bonds. The Balaban J connectivity index is 1.93. The summed E-state index contributed by atoms with van der Waals surface area (Å²) in [4.78, 5) is 24.1. The summed E-state index contributed by atoms with van der Waals surface area (Å²) < 4.78 is 6.97. The van der Waals surface area contributed by atoms with Crippen molar-refractivity contribution in [3.05, 3.63) is 65.4 Å². The Kier molecular flexibility index (Phi) is 5.77. The molecular weight excluding hydrogens is 362 g/mol. The second-order valence-corrected chi connectivity index (χ2v) is 6.48. The van der Waals surface area contributed by atoms with E-state index in [1.54, 1.807) is 54.0 Å². The van der Waals surface area contributed by atoms with Crippen molar-refractivity contribution >= 4 is 22.8 Å². The third-order valence-electron chi connectivity index (χ3n) is 4.48. The van der Waals surface area contributed by atoms with Crippen LogP contribution in [0.15, 0.2) is 48.5 Å². The van der Waals surface area contributed by atoms with Gasteiger partial charge in [-0.25, -0.2) is 0 Å². The first-order valence-electron chi connectivity index (χ1n) is 8.79. The van der Waals surface area contributed by atoms with E-state index in [1.165, 1.54) is 0 Å². The molecule has 0 atom stereocenters. The summed E-state index contributed by atoms with van der Waals surface area (Å²) in [5, 5.41) is 28.0. The highest BCUT2D eigenvalue weighted by molar-refractivity contribution is 6.04. The first kappa shape index (κ1) is 19.6. The fourth-order valence-electron chi connectivity index (χ4n) is 3.14. The van der Waals surface area contributed by atoms with Gasteiger partial charge >= 0.3 is 5.97 Å². The van der Waals surface area contributed by atoms with E-state index in [-0.39, 0.29) is 25.5 Å². The molecule has 3 rings (SSSR count). The second-order valence-electron chi connectivity index (χ2n) is 6.48. The highest BCUT2D eigenvalue weighted by atomic mass is 16.5. The SMILES string of the molecule is Cc1cc2c(CC(=O)O)cccc2n1C(=O)c1ccc(OC(CO)CO)cc1. The Labute approximate surface area is 161 Å². The number of carbonyl (C=O) groups is 2. The summed E-state index contributed by atoms with van der Waals surface area (Å²) in [7, 11) is 0. The molecule has 0 fully saturated rings. The molecule has 0 aliphatic heterocycles. The van der Waals surface area contributed by atoms with Crippen LogP contribution in [-0.4, -0.2) is 51.1 Å². The van der Waals surface area contributed by atoms with Gasteiger partial charge < -0.3 is 20.1 Å². The molecule has 3 aromatic rings. The highest BCUT2D eigenvalue weighted by Crippen LogP contribution is 2.25. The maximum Gasteiger partial charge on any atom is 0.307 e. The van der Waals surface area contributed by atoms with Crippen LogP contribution in [0, 0.1) is 6.92 Å². The standard InChI is InChI=1S/C21H21NO6/c1-13-9-18-15(10-20(25)26)3-2-4-19(18)22(13)21(27)14-5-7-16(8-6-14)28-17(11-23)12-24/h2-9,17,23-24H,10-12H2,1H3,(H,25,26). The molecule has 0 radical (unpaired) electrons. The molecule has 0 spiro atoms. The van der Waals surface area contributed by atoms with Gasteiger partial charge in [-0.15, -0.1) is 0 Å². The number of benzene rings is 2. The molecule has 0 saturated carbocycles. The van der Waals surface area contributed by atoms with Crippen LogP contribution >= 0.6 is 0 Å². The third kappa shape index (κ3) is 3.90. The van der Waals surface area contributed by atoms with Gasteiger partial charge in [0.2, 0.25) is 0 Å². The molecule has 1 aromatic heterocycles. The maximum atomic E-state index is 13.0. The van der Waals surface area contributed by atoms with Crippen LogP contribution in [0.2, 0.25) is 0 Å². The molecule has 7 heteroatoms. The lowest BCUT2D eigenvalue weighted by atomic mass is 10.1. The number of fused-ring (bicyclic) bond motifs is 1. The molecule has 1 heterocycles. The van der Waals surface area contributed by atoms with Crippen molar-refractivity contribution in [1.82, 2.24) is 4.57 Å². The summed E-state index contributed by atoms with van der Waals surface area (Å²) in [6, 6.07) is 13.5. The van der Waals surface area contributed by atoms with Crippen LogP contribution in [0.25, 0.3) is 10.9 Å². The lowest BCUT2D eigenvalue weighted by molar-refractivity contribution is -0.136. The van der Waals surface area contributed by atoms with Crippen LogP contribution < -0.4 is 4.74 Å². The van der Waals surface area contributed by atoms with E-state index in [9.17, 15) is 9.59 Å². The molecule has 28 heavy (non-hydrogen) atoms. The van der Waals surface area contributed by atoms with Crippen LogP contribution in [0.4, 0.5) is 0 Å². The van der Waals surface area contributed by atoms with E-state index in [0.29, 0.717) is 28.1 Å². The first-order chi connectivity index (χ1) is 13.4. The van der Waals surface area contributed by atoms with Gasteiger partial charge in [0.1, 0.15) is 11.9 Å². The number of carbonyl (C=O) groups excluding carboxylic acids is 1. The number of ether oxygens (including phenoxy) is 1. The van der Waals surface area contributed by atoms with Gasteiger partial charge in [0.25, 0.3) is 5.91 Å². The number of rotatable bonds is 7. The van der Waals surface area contributed by atoms with Gasteiger partial charge in [-0.2, -0.15) is 0 Å². The monoisotopic (exact) mass is 383 g/mol. The summed E-state index contributed by atoms with van der Waals surface area (Å²) in [5.41, 5.74) is 2.45. The lowest BCUT2D eigenvalue weighted by Crippen LogP contribution is -2.25. The van der Waals surface area contributed by atoms with Crippen molar-refractivity contribution in [2.24, 2.45) is 0 Å². The van der Waals surface area contributed by atoms with Crippen LogP contribution in [0.1, 0.15) is 21.6 Å². The van der Waals surface area contributed by atoms with Crippen LogP contribution in [-0.2, 0) is 11.2 Å². The maximum absolute atomic E-state index is 13.0. The lowest BCUT2D eigenvalue weighted by Gasteiger charge is -2.14. The zero-order chi connectivity index (χ0) is 20.3. The predicted molar refractivity (Wildman–Crippen MR) is 103 cm³/mol. The number of carboxylic acid groups (broad SMARTS) is 1. The number of carboxylic acids is 1. The van der Waals surface area contributed by atoms with E-state index in [2.05, 4.69) is 0 Å². The van der Waals surface area contributed by atoms with Crippen molar-refractivity contribution in [2.75, 3.05) is 13.2 Å². The molecule has 0 saturated heterocycles. The van der Waals surface area contributed by atoms with Crippen molar-refractivity contribution < 1.29 is 29.6 Å². The molecule has 7 nitrogen and oxygen atoms in total. The topological polar surface area (TPSA) is 109 Å². The van der Waals surface area contributed by atoms with Gasteiger partial charge in [0.15, 0.2) is 0 Å². The number of aliphatic hydroxyl groups is 2. The van der Waals surface area contributed by atoms with E-state index in [4.69, 9.17) is 20.1 Å². The average Bonchev–Trinajstić information content (AvgIpc) is 3.02. The quantitative estimate of drug-likeness (QED) is 0.576. The molecular formula is C21H21NO6. The Morgan fingerprint density at radius 2 is 1.75 bits per heavy atom. The van der Waals surface area contributed by atoms with E-state index >= 15 is 0 Å². The zero-order valence-electron chi connectivity index (χ0n) is 15.3. The van der Waals surface area contributed by atoms with Gasteiger partial charge in [-0.1, -0.05) is 12.1 Å². The molecule has 0 aliphatic rings. The Bertz CT molecular complexity index is 1000. The first-order valence-corrected chi connectivity index (χ1v) is 8.79. The van der Waals surface area contributed by atoms with E-state index in [0.717, 1.165) is 5.39 Å². The van der Waals surface area contributed by atoms with Crippen molar-refractivity contribution in [1.29, 1.82) is 0 Å². The number of hydrogen-bond acceptors (Lipinski definition) is 5. The molecule has 0 aliphatic carbocycles. The smallest absolute Gasteiger partial charge is 0.307 e. The molecule has 0 bridgehead atoms. The number of aryl methyl sites for hydroxylation is 1. The molecule has 146 valence electrons. The van der Waals surface area contributed by atoms with Gasteiger partial charge in [-0.3, -0.25) is 14.2 Å². The van der Waals surface area contributed by atoms with E-state index < -0.39 is 12.1 Å². The zero-order valence-corrected chi connectivity index (χ0v) is 15.3. The Morgan fingerprint density at radius 3 is 2.36 bits per heavy atom. The van der Waals surface area contributed by atoms with Crippen molar-refractivity contribution in [3.63, 3.8) is 0 Å². The Hall–Kier alpha value is -3.16. The number of aliphatic carboxylic acids is 1. The van der Waals surface area contributed by atoms with Gasteiger partial charge in [0, 0.05) is 16.6 Å². The normalized spacial score (nSPS) is 11.1. The summed E-state index contributed by atoms with van der Waals surface area (Å²) in [6.45, 7) is 1.17. The van der Waals surface area contributed by atoms with Crippen LogP contribution in [0.3, 0.4) is 0 Å². The average molecular weight is 383 g/mol. The van der Waals surface area contributed by atoms with E-state index in [1.807, 2.05) is 6.07 Å². The molecule has 3 N–H and O–H groups in total. The number of hydrogen-bond donors (Lipinski definition) is 3. The van der Waals surface area contributed by atoms with Crippen molar-refractivity contribution in [2.45, 2.75) is 19.4 Å². The molecule has 0 unspecified atom stereocenters. The fourth-order valence-corrected chi connectivity index (χ4v) is 3.14. The third-order valence-corrected chi connectivity index (χ3v) is 4.48. The fraction of sp³-hybridized carbons (Fsp3) is 0.238. The predicted octanol–water partition coefficient (Wildman–Crippen LogP) is 2.00. The minimum absolute atomic E-state index is 0.113. The highest BCUT2D eigenvalue weighted by Gasteiger charge is 2.17. The largest absolute Gasteiger partial charge is 0.486 e. The van der Waals surface area contributed by atoms with Gasteiger partial charge in [0.05, 0.1) is 25.2 Å². The van der Waals surface area contributed by atoms with Crippen LogP contribution in [0.5, 0.6) is 5.75 Å². The number of aromatic nitrogens is 1. The van der Waals surface area contributed by atoms with Crippen molar-refractivity contribution in [3.8, 4) is 5.75 Å².